The van der Waals surface area contributed by atoms with Gasteiger partial charge in [-0.2, -0.15) is 4.31 Å². The number of nitrogens with zero attached hydrogens (tertiary/aromatic N) is 4. The van der Waals surface area contributed by atoms with E-state index in [4.69, 9.17) is 9.15 Å². The summed E-state index contributed by atoms with van der Waals surface area (Å²) in [6.07, 6.45) is 6.89. The molecule has 0 radical (unpaired) electrons. The Hall–Kier alpha value is -2.65. The van der Waals surface area contributed by atoms with Gasteiger partial charge in [0.25, 0.3) is 10.0 Å². The number of imidazole rings is 1. The molecule has 0 unspecified atom stereocenters. The van der Waals surface area contributed by atoms with Crippen LogP contribution in [0.1, 0.15) is 36.0 Å². The van der Waals surface area contributed by atoms with Crippen LogP contribution < -0.4 is 4.74 Å². The molecule has 9 heteroatoms. The summed E-state index contributed by atoms with van der Waals surface area (Å²) in [5, 5.41) is 0.0740. The van der Waals surface area contributed by atoms with Crippen molar-refractivity contribution in [3.8, 4) is 5.75 Å². The summed E-state index contributed by atoms with van der Waals surface area (Å²) in [4.78, 5) is 8.45. The number of oxazole rings is 1. The molecule has 29 heavy (non-hydrogen) atoms. The van der Waals surface area contributed by atoms with E-state index < -0.39 is 10.0 Å². The highest BCUT2D eigenvalue weighted by Crippen LogP contribution is 2.30. The fraction of sp³-hybridized carbons (Fsp3) is 0.400. The van der Waals surface area contributed by atoms with Crippen LogP contribution in [0.15, 0.2) is 52.4 Å². The Kier molecular flexibility index (Phi) is 5.42. The van der Waals surface area contributed by atoms with Crippen LogP contribution in [0.4, 0.5) is 0 Å². The third-order valence-electron chi connectivity index (χ3n) is 5.15. The van der Waals surface area contributed by atoms with E-state index >= 15 is 0 Å². The molecular weight excluding hydrogens is 392 g/mol. The van der Waals surface area contributed by atoms with Crippen LogP contribution in [-0.2, 0) is 23.5 Å². The fourth-order valence-corrected chi connectivity index (χ4v) is 5.14. The summed E-state index contributed by atoms with van der Waals surface area (Å²) in [6.45, 7) is 0.817. The minimum Gasteiger partial charge on any atom is -0.496 e. The van der Waals surface area contributed by atoms with Crippen LogP contribution in [0.5, 0.6) is 5.75 Å². The first kappa shape index (κ1) is 19.7. The van der Waals surface area contributed by atoms with E-state index in [0.29, 0.717) is 25.4 Å². The average Bonchev–Trinajstić information content (AvgIpc) is 3.38. The van der Waals surface area contributed by atoms with Gasteiger partial charge < -0.3 is 13.7 Å². The van der Waals surface area contributed by atoms with Crippen LogP contribution in [0.3, 0.4) is 0 Å². The Morgan fingerprint density at radius 1 is 1.28 bits per heavy atom. The predicted molar refractivity (Wildman–Crippen MR) is 106 cm³/mol. The van der Waals surface area contributed by atoms with Gasteiger partial charge in [-0.3, -0.25) is 0 Å². The van der Waals surface area contributed by atoms with Gasteiger partial charge in [0.2, 0.25) is 0 Å². The Balaban J connectivity index is 1.49. The van der Waals surface area contributed by atoms with Crippen LogP contribution in [0.2, 0.25) is 0 Å². The summed E-state index contributed by atoms with van der Waals surface area (Å²) in [5.41, 5.74) is 1.01. The number of piperidine rings is 1. The molecule has 1 aromatic carbocycles. The van der Waals surface area contributed by atoms with Crippen molar-refractivity contribution in [3.63, 3.8) is 0 Å². The first-order chi connectivity index (χ1) is 14.0. The van der Waals surface area contributed by atoms with Gasteiger partial charge in [-0.05, 0) is 18.9 Å². The molecule has 0 spiro atoms. The summed E-state index contributed by atoms with van der Waals surface area (Å²) < 4.78 is 40.3. The van der Waals surface area contributed by atoms with Gasteiger partial charge >= 0.3 is 0 Å². The Morgan fingerprint density at radius 2 is 2.10 bits per heavy atom. The molecule has 3 aromatic rings. The van der Waals surface area contributed by atoms with Crippen LogP contribution in [0, 0.1) is 0 Å². The minimum atomic E-state index is -3.62. The number of aryl methyl sites for hydroxylation is 1. The van der Waals surface area contributed by atoms with Gasteiger partial charge in [-0.15, -0.1) is 0 Å². The number of aromatic nitrogens is 3. The number of rotatable bonds is 6. The van der Waals surface area contributed by atoms with E-state index in [2.05, 4.69) is 9.97 Å². The number of hydrogen-bond donors (Lipinski definition) is 0. The molecule has 0 bridgehead atoms. The van der Waals surface area contributed by atoms with Crippen molar-refractivity contribution in [1.29, 1.82) is 0 Å². The smallest absolute Gasteiger partial charge is 0.262 e. The topological polar surface area (TPSA) is 90.5 Å². The Morgan fingerprint density at radius 3 is 2.86 bits per heavy atom. The first-order valence-electron chi connectivity index (χ1n) is 9.52. The van der Waals surface area contributed by atoms with Crippen LogP contribution >= 0.6 is 0 Å². The number of sulfonamides is 1. The highest BCUT2D eigenvalue weighted by atomic mass is 32.2. The standard InChI is InChI=1S/C20H24N4O4S/c1-23-13-19(22-14-23)29(25,26)24-9-5-7-16(12-24)20-21-11-17(28-20)10-15-6-3-4-8-18(15)27-2/h3-4,6,8,11,13-14,16H,5,7,9-10,12H2,1-2H3/t16-/m0/s1. The second-order valence-corrected chi connectivity index (χ2v) is 9.12. The summed E-state index contributed by atoms with van der Waals surface area (Å²) >= 11 is 0. The molecule has 0 amide bonds. The highest BCUT2D eigenvalue weighted by Gasteiger charge is 2.34. The van der Waals surface area contributed by atoms with E-state index in [1.165, 1.54) is 16.8 Å². The molecule has 154 valence electrons. The molecule has 1 fully saturated rings. The molecule has 8 nitrogen and oxygen atoms in total. The van der Waals surface area contributed by atoms with Gasteiger partial charge in [0.1, 0.15) is 11.5 Å². The SMILES string of the molecule is COc1ccccc1Cc1cnc([C@H]2CCCN(S(=O)(=O)c3cn(C)cn3)C2)o1. The lowest BCUT2D eigenvalue weighted by molar-refractivity contribution is 0.281. The van der Waals surface area contributed by atoms with E-state index in [9.17, 15) is 8.42 Å². The second kappa shape index (κ2) is 8.00. The molecule has 2 aromatic heterocycles. The quantitative estimate of drug-likeness (QED) is 0.613. The molecule has 1 atom stereocenters. The molecule has 1 aliphatic heterocycles. The van der Waals surface area contributed by atoms with Gasteiger partial charge in [0, 0.05) is 44.2 Å². The van der Waals surface area contributed by atoms with Crippen molar-refractivity contribution in [1.82, 2.24) is 18.8 Å². The van der Waals surface area contributed by atoms with Crippen molar-refractivity contribution in [3.05, 3.63) is 60.2 Å². The third-order valence-corrected chi connectivity index (χ3v) is 6.90. The number of benzene rings is 1. The van der Waals surface area contributed by atoms with Crippen molar-refractivity contribution >= 4 is 10.0 Å². The van der Waals surface area contributed by atoms with E-state index in [0.717, 1.165) is 29.9 Å². The van der Waals surface area contributed by atoms with Gasteiger partial charge in [0.15, 0.2) is 10.9 Å². The largest absolute Gasteiger partial charge is 0.496 e. The minimum absolute atomic E-state index is 0.0740. The lowest BCUT2D eigenvalue weighted by Gasteiger charge is -2.29. The van der Waals surface area contributed by atoms with E-state index in [-0.39, 0.29) is 10.9 Å². The zero-order valence-corrected chi connectivity index (χ0v) is 17.3. The average molecular weight is 417 g/mol. The highest BCUT2D eigenvalue weighted by molar-refractivity contribution is 7.89. The molecule has 1 aliphatic rings. The Bertz CT molecular complexity index is 1090. The summed E-state index contributed by atoms with van der Waals surface area (Å²) in [7, 11) is -0.224. The first-order valence-corrected chi connectivity index (χ1v) is 11.0. The van der Waals surface area contributed by atoms with E-state index in [1.54, 1.807) is 24.9 Å². The Labute approximate surface area is 170 Å². The van der Waals surface area contributed by atoms with Crippen molar-refractivity contribution in [2.45, 2.75) is 30.2 Å². The van der Waals surface area contributed by atoms with Gasteiger partial charge in [-0.25, -0.2) is 18.4 Å². The maximum Gasteiger partial charge on any atom is 0.262 e. The molecule has 4 rings (SSSR count). The second-order valence-electron chi connectivity index (χ2n) is 7.23. The van der Waals surface area contributed by atoms with Crippen molar-refractivity contribution in [2.75, 3.05) is 20.2 Å². The fourth-order valence-electron chi connectivity index (χ4n) is 3.65. The monoisotopic (exact) mass is 416 g/mol. The number of ether oxygens (including phenoxy) is 1. The molecule has 0 aliphatic carbocycles. The molecular formula is C20H24N4O4S. The lowest BCUT2D eigenvalue weighted by atomic mass is 10.00. The predicted octanol–water partition coefficient (Wildman–Crippen LogP) is 2.58. The van der Waals surface area contributed by atoms with Gasteiger partial charge in [-0.1, -0.05) is 18.2 Å². The number of para-hydroxylation sites is 1. The maximum absolute atomic E-state index is 12.9. The van der Waals surface area contributed by atoms with Crippen LogP contribution in [0.25, 0.3) is 0 Å². The summed E-state index contributed by atoms with van der Waals surface area (Å²) in [6, 6.07) is 7.78. The van der Waals surface area contributed by atoms with E-state index in [1.807, 2.05) is 24.3 Å². The molecule has 1 saturated heterocycles. The molecule has 3 heterocycles. The third kappa shape index (κ3) is 4.06. The number of hydrogen-bond acceptors (Lipinski definition) is 6. The van der Waals surface area contributed by atoms with Crippen molar-refractivity contribution in [2.24, 2.45) is 7.05 Å². The normalized spacial score (nSPS) is 18.1. The summed E-state index contributed by atoms with van der Waals surface area (Å²) in [5.74, 6) is 2.04. The zero-order valence-electron chi connectivity index (χ0n) is 16.5. The molecule has 0 saturated carbocycles. The van der Waals surface area contributed by atoms with Crippen LogP contribution in [-0.4, -0.2) is 47.5 Å². The van der Waals surface area contributed by atoms with Gasteiger partial charge in [0.05, 0.1) is 19.6 Å². The maximum atomic E-state index is 12.9. The zero-order chi connectivity index (χ0) is 20.4. The lowest BCUT2D eigenvalue weighted by Crippen LogP contribution is -2.39. The number of methoxy groups -OCH3 is 1. The molecule has 0 N–H and O–H groups in total. The van der Waals surface area contributed by atoms with Crippen molar-refractivity contribution < 1.29 is 17.6 Å².